The zero-order chi connectivity index (χ0) is 21.4. The number of aromatic nitrogens is 3. The van der Waals surface area contributed by atoms with Gasteiger partial charge in [0.1, 0.15) is 16.6 Å². The molecule has 0 bridgehead atoms. The highest BCUT2D eigenvalue weighted by Gasteiger charge is 2.26. The van der Waals surface area contributed by atoms with Crippen molar-refractivity contribution in [2.45, 2.75) is 38.8 Å². The summed E-state index contributed by atoms with van der Waals surface area (Å²) in [5, 5.41) is 1.57. The smallest absolute Gasteiger partial charge is 0.292 e. The van der Waals surface area contributed by atoms with E-state index >= 15 is 0 Å². The quantitative estimate of drug-likeness (QED) is 0.587. The van der Waals surface area contributed by atoms with Crippen LogP contribution >= 0.6 is 22.9 Å². The third-order valence-electron chi connectivity index (χ3n) is 6.00. The number of morpholine rings is 1. The Balaban J connectivity index is 1.66. The predicted molar refractivity (Wildman–Crippen MR) is 123 cm³/mol. The van der Waals surface area contributed by atoms with E-state index in [2.05, 4.69) is 20.5 Å². The number of halogens is 1. The summed E-state index contributed by atoms with van der Waals surface area (Å²) < 4.78 is 14.1. The Bertz CT molecular complexity index is 1150. The molecule has 4 heterocycles. The van der Waals surface area contributed by atoms with Crippen molar-refractivity contribution < 1.29 is 9.47 Å². The molecule has 1 unspecified atom stereocenters. The summed E-state index contributed by atoms with van der Waals surface area (Å²) in [5.41, 5.74) is 2.55. The standard InChI is InChI=1S/C22H25ClN4O3S/c1-14-15(5-4-6-16(14)23)13-27-19(17-7-2-3-10-30-17)24-21(28)18-20(27)25-22(31-18)26-8-11-29-12-9-26/h4-6,17H,2-3,7-13H2,1H3. The predicted octanol–water partition coefficient (Wildman–Crippen LogP) is 3.94. The third-order valence-corrected chi connectivity index (χ3v) is 7.50. The van der Waals surface area contributed by atoms with Crippen LogP contribution in [0.3, 0.4) is 0 Å². The van der Waals surface area contributed by atoms with Gasteiger partial charge in [0, 0.05) is 24.7 Å². The van der Waals surface area contributed by atoms with Gasteiger partial charge in [-0.15, -0.1) is 0 Å². The van der Waals surface area contributed by atoms with Crippen molar-refractivity contribution in [3.05, 3.63) is 50.5 Å². The molecule has 31 heavy (non-hydrogen) atoms. The molecule has 164 valence electrons. The van der Waals surface area contributed by atoms with E-state index in [9.17, 15) is 4.79 Å². The summed E-state index contributed by atoms with van der Waals surface area (Å²) >= 11 is 7.80. The van der Waals surface area contributed by atoms with Crippen LogP contribution in [0.15, 0.2) is 23.0 Å². The van der Waals surface area contributed by atoms with Gasteiger partial charge in [-0.05, 0) is 43.4 Å². The van der Waals surface area contributed by atoms with Crippen molar-refractivity contribution in [3.8, 4) is 0 Å². The number of fused-ring (bicyclic) bond motifs is 1. The highest BCUT2D eigenvalue weighted by atomic mass is 35.5. The summed E-state index contributed by atoms with van der Waals surface area (Å²) in [7, 11) is 0. The average Bonchev–Trinajstić information content (AvgIpc) is 3.26. The lowest BCUT2D eigenvalue weighted by atomic mass is 10.1. The number of anilines is 1. The molecule has 0 saturated carbocycles. The Kier molecular flexibility index (Phi) is 5.97. The van der Waals surface area contributed by atoms with Crippen molar-refractivity contribution in [2.24, 2.45) is 0 Å². The number of benzene rings is 1. The minimum atomic E-state index is -0.227. The molecule has 3 aromatic rings. The Morgan fingerprint density at radius 3 is 2.81 bits per heavy atom. The number of nitrogens with zero attached hydrogens (tertiary/aromatic N) is 4. The molecule has 1 atom stereocenters. The van der Waals surface area contributed by atoms with Crippen LogP contribution in [0.4, 0.5) is 5.13 Å². The van der Waals surface area contributed by atoms with Gasteiger partial charge >= 0.3 is 0 Å². The molecule has 0 aliphatic carbocycles. The van der Waals surface area contributed by atoms with Gasteiger partial charge in [0.05, 0.1) is 19.8 Å². The minimum Gasteiger partial charge on any atom is -0.378 e. The Hall–Kier alpha value is -2.00. The van der Waals surface area contributed by atoms with Crippen molar-refractivity contribution in [1.29, 1.82) is 0 Å². The lowest BCUT2D eigenvalue weighted by molar-refractivity contribution is 0.00707. The molecule has 9 heteroatoms. The molecule has 1 aromatic carbocycles. The average molecular weight is 461 g/mol. The van der Waals surface area contributed by atoms with E-state index in [0.717, 1.165) is 53.6 Å². The van der Waals surface area contributed by atoms with Crippen LogP contribution in [-0.2, 0) is 16.0 Å². The number of ether oxygens (including phenoxy) is 2. The molecule has 2 fully saturated rings. The first-order valence-corrected chi connectivity index (χ1v) is 11.9. The Morgan fingerprint density at radius 1 is 1.19 bits per heavy atom. The molecular weight excluding hydrogens is 436 g/mol. The van der Waals surface area contributed by atoms with E-state index in [1.807, 2.05) is 19.1 Å². The second-order valence-electron chi connectivity index (χ2n) is 7.99. The molecule has 2 saturated heterocycles. The molecule has 0 spiro atoms. The van der Waals surface area contributed by atoms with Crippen LogP contribution in [0.2, 0.25) is 5.02 Å². The zero-order valence-electron chi connectivity index (χ0n) is 17.5. The van der Waals surface area contributed by atoms with E-state index in [1.165, 1.54) is 11.3 Å². The lowest BCUT2D eigenvalue weighted by Crippen LogP contribution is -2.36. The number of rotatable bonds is 4. The fraction of sp³-hybridized carbons (Fsp3) is 0.500. The molecule has 7 nitrogen and oxygen atoms in total. The highest BCUT2D eigenvalue weighted by molar-refractivity contribution is 7.22. The van der Waals surface area contributed by atoms with Crippen molar-refractivity contribution in [2.75, 3.05) is 37.8 Å². The van der Waals surface area contributed by atoms with Gasteiger partial charge in [0.25, 0.3) is 5.56 Å². The van der Waals surface area contributed by atoms with Gasteiger partial charge in [0.15, 0.2) is 10.8 Å². The molecule has 2 aliphatic rings. The highest BCUT2D eigenvalue weighted by Crippen LogP contribution is 2.32. The first-order chi connectivity index (χ1) is 15.1. The lowest BCUT2D eigenvalue weighted by Gasteiger charge is -2.26. The number of hydrogen-bond donors (Lipinski definition) is 0. The molecule has 0 radical (unpaired) electrons. The summed E-state index contributed by atoms with van der Waals surface area (Å²) in [6.45, 7) is 6.12. The van der Waals surface area contributed by atoms with E-state index in [4.69, 9.17) is 26.1 Å². The first kappa shape index (κ1) is 20.9. The van der Waals surface area contributed by atoms with Gasteiger partial charge in [-0.2, -0.15) is 4.98 Å². The zero-order valence-corrected chi connectivity index (χ0v) is 19.0. The summed E-state index contributed by atoms with van der Waals surface area (Å²) in [6.07, 6.45) is 2.75. The fourth-order valence-electron chi connectivity index (χ4n) is 4.18. The van der Waals surface area contributed by atoms with Crippen LogP contribution < -0.4 is 10.5 Å². The second kappa shape index (κ2) is 8.86. The normalized spacial score (nSPS) is 19.8. The Morgan fingerprint density at radius 2 is 2.03 bits per heavy atom. The van der Waals surface area contributed by atoms with Crippen LogP contribution in [-0.4, -0.2) is 47.4 Å². The minimum absolute atomic E-state index is 0.195. The van der Waals surface area contributed by atoms with Gasteiger partial charge in [-0.25, -0.2) is 4.98 Å². The van der Waals surface area contributed by atoms with E-state index in [0.29, 0.717) is 42.5 Å². The third kappa shape index (κ3) is 4.09. The fourth-order valence-corrected chi connectivity index (χ4v) is 5.38. The van der Waals surface area contributed by atoms with E-state index in [1.54, 1.807) is 0 Å². The Labute approximate surface area is 189 Å². The molecule has 5 rings (SSSR count). The largest absolute Gasteiger partial charge is 0.378 e. The van der Waals surface area contributed by atoms with Crippen molar-refractivity contribution >= 4 is 38.4 Å². The topological polar surface area (TPSA) is 69.5 Å². The van der Waals surface area contributed by atoms with Gasteiger partial charge in [-0.3, -0.25) is 4.79 Å². The van der Waals surface area contributed by atoms with E-state index in [-0.39, 0.29) is 11.7 Å². The van der Waals surface area contributed by atoms with Crippen LogP contribution in [0.5, 0.6) is 0 Å². The van der Waals surface area contributed by atoms with Crippen molar-refractivity contribution in [1.82, 2.24) is 14.5 Å². The van der Waals surface area contributed by atoms with Crippen molar-refractivity contribution in [3.63, 3.8) is 0 Å². The maximum atomic E-state index is 13.0. The maximum absolute atomic E-state index is 13.0. The van der Waals surface area contributed by atoms with Gasteiger partial charge < -0.3 is 18.9 Å². The second-order valence-corrected chi connectivity index (χ2v) is 9.37. The molecular formula is C22H25ClN4O3S. The number of thiazole rings is 1. The molecule has 0 amide bonds. The summed E-state index contributed by atoms with van der Waals surface area (Å²) in [6, 6.07) is 5.91. The van der Waals surface area contributed by atoms with Gasteiger partial charge in [-0.1, -0.05) is 35.1 Å². The first-order valence-electron chi connectivity index (χ1n) is 10.7. The molecule has 0 N–H and O–H groups in total. The number of hydrogen-bond acceptors (Lipinski definition) is 7. The maximum Gasteiger partial charge on any atom is 0.292 e. The van der Waals surface area contributed by atoms with Gasteiger partial charge in [0.2, 0.25) is 0 Å². The monoisotopic (exact) mass is 460 g/mol. The summed E-state index contributed by atoms with van der Waals surface area (Å²) in [5.74, 6) is 0.662. The molecule has 2 aromatic heterocycles. The SMILES string of the molecule is Cc1c(Cl)cccc1Cn1c(C2CCCCO2)nc(=O)c2sc(N3CCOCC3)nc21. The van der Waals surface area contributed by atoms with Crippen LogP contribution in [0, 0.1) is 6.92 Å². The van der Waals surface area contributed by atoms with Crippen LogP contribution in [0.1, 0.15) is 42.3 Å². The van der Waals surface area contributed by atoms with Crippen LogP contribution in [0.25, 0.3) is 10.3 Å². The summed E-state index contributed by atoms with van der Waals surface area (Å²) in [4.78, 5) is 24.6. The molecule has 2 aliphatic heterocycles. The van der Waals surface area contributed by atoms with E-state index < -0.39 is 0 Å².